The summed E-state index contributed by atoms with van der Waals surface area (Å²) in [6.07, 6.45) is 5.01. The number of rotatable bonds is 3. The highest BCUT2D eigenvalue weighted by atomic mass is 16.1. The summed E-state index contributed by atoms with van der Waals surface area (Å²) >= 11 is 0. The third kappa shape index (κ3) is 3.56. The second-order valence-corrected chi connectivity index (χ2v) is 2.56. The van der Waals surface area contributed by atoms with Gasteiger partial charge < -0.3 is 5.32 Å². The molecule has 0 unspecified atom stereocenters. The van der Waals surface area contributed by atoms with Gasteiger partial charge in [-0.3, -0.25) is 4.79 Å². The number of benzene rings is 1. The fraction of sp³-hybridized carbons (Fsp3) is 0.182. The Bertz CT molecular complexity index is 290. The van der Waals surface area contributed by atoms with Crippen LogP contribution in [-0.2, 0) is 4.79 Å². The van der Waals surface area contributed by atoms with Gasteiger partial charge in [-0.15, -0.1) is 0 Å². The number of para-hydroxylation sites is 1. The molecule has 1 amide bonds. The Morgan fingerprint density at radius 2 is 2.15 bits per heavy atom. The second-order valence-electron chi connectivity index (χ2n) is 2.56. The fourth-order valence-corrected chi connectivity index (χ4v) is 0.895. The lowest BCUT2D eigenvalue weighted by molar-refractivity contribution is -0.111. The van der Waals surface area contributed by atoms with Gasteiger partial charge in [0, 0.05) is 11.8 Å². The van der Waals surface area contributed by atoms with E-state index in [1.807, 2.05) is 37.3 Å². The second kappa shape index (κ2) is 5.14. The first-order chi connectivity index (χ1) is 6.33. The first kappa shape index (κ1) is 9.52. The first-order valence-electron chi connectivity index (χ1n) is 4.25. The van der Waals surface area contributed by atoms with E-state index in [4.69, 9.17) is 0 Å². The van der Waals surface area contributed by atoms with Gasteiger partial charge in [0.05, 0.1) is 0 Å². The molecule has 13 heavy (non-hydrogen) atoms. The Morgan fingerprint density at radius 3 is 2.77 bits per heavy atom. The molecule has 2 heteroatoms. The maximum Gasteiger partial charge on any atom is 0.248 e. The molecule has 0 fully saturated rings. The van der Waals surface area contributed by atoms with Crippen molar-refractivity contribution in [1.82, 2.24) is 0 Å². The summed E-state index contributed by atoms with van der Waals surface area (Å²) in [5.41, 5.74) is 0.807. The minimum Gasteiger partial charge on any atom is -0.323 e. The van der Waals surface area contributed by atoms with E-state index in [-0.39, 0.29) is 5.91 Å². The van der Waals surface area contributed by atoms with Gasteiger partial charge in [0.25, 0.3) is 0 Å². The molecule has 0 heterocycles. The first-order valence-corrected chi connectivity index (χ1v) is 4.25. The van der Waals surface area contributed by atoms with Crippen LogP contribution in [0.25, 0.3) is 0 Å². The summed E-state index contributed by atoms with van der Waals surface area (Å²) in [5, 5.41) is 2.72. The molecule has 0 bridgehead atoms. The number of hydrogen-bond acceptors (Lipinski definition) is 1. The Balaban J connectivity index is 2.50. The summed E-state index contributed by atoms with van der Waals surface area (Å²) in [4.78, 5) is 11.1. The van der Waals surface area contributed by atoms with Crippen molar-refractivity contribution in [3.05, 3.63) is 42.5 Å². The molecule has 1 aromatic rings. The van der Waals surface area contributed by atoms with Crippen LogP contribution in [0.1, 0.15) is 13.3 Å². The van der Waals surface area contributed by atoms with Gasteiger partial charge in [-0.1, -0.05) is 25.1 Å². The Labute approximate surface area is 78.3 Å². The molecular formula is C11H12NO. The van der Waals surface area contributed by atoms with E-state index in [9.17, 15) is 4.79 Å². The zero-order chi connectivity index (χ0) is 9.52. The van der Waals surface area contributed by atoms with Crippen molar-refractivity contribution in [2.75, 3.05) is 5.32 Å². The number of hydrogen-bond donors (Lipinski definition) is 1. The molecule has 0 spiro atoms. The van der Waals surface area contributed by atoms with Crippen LogP contribution < -0.4 is 5.32 Å². The molecule has 0 aliphatic heterocycles. The SMILES string of the molecule is CC[C]=CC(=O)Nc1ccccc1. The molecule has 1 rings (SSSR count). The van der Waals surface area contributed by atoms with E-state index in [2.05, 4.69) is 11.4 Å². The molecule has 0 saturated heterocycles. The molecule has 1 N–H and O–H groups in total. The van der Waals surface area contributed by atoms with E-state index in [0.717, 1.165) is 12.1 Å². The molecule has 0 aromatic heterocycles. The highest BCUT2D eigenvalue weighted by Gasteiger charge is 1.94. The summed E-state index contributed by atoms with van der Waals surface area (Å²) in [5.74, 6) is -0.131. The van der Waals surface area contributed by atoms with Crippen molar-refractivity contribution >= 4 is 11.6 Å². The standard InChI is InChI=1S/C11H12NO/c1-2-3-9-11(13)12-10-7-5-4-6-8-10/h4-9H,2H2,1H3,(H,12,13). The minimum absolute atomic E-state index is 0.131. The Morgan fingerprint density at radius 1 is 1.46 bits per heavy atom. The van der Waals surface area contributed by atoms with Gasteiger partial charge in [-0.2, -0.15) is 0 Å². The molecular weight excluding hydrogens is 162 g/mol. The maximum absolute atomic E-state index is 11.1. The third-order valence-electron chi connectivity index (χ3n) is 1.48. The van der Waals surface area contributed by atoms with Crippen molar-refractivity contribution in [2.24, 2.45) is 0 Å². The van der Waals surface area contributed by atoms with Gasteiger partial charge in [-0.05, 0) is 24.6 Å². The van der Waals surface area contributed by atoms with E-state index in [0.29, 0.717) is 0 Å². The number of anilines is 1. The molecule has 0 saturated carbocycles. The van der Waals surface area contributed by atoms with Gasteiger partial charge >= 0.3 is 0 Å². The van der Waals surface area contributed by atoms with E-state index in [1.54, 1.807) is 0 Å². The van der Waals surface area contributed by atoms with Crippen LogP contribution in [0.2, 0.25) is 0 Å². The van der Waals surface area contributed by atoms with Crippen LogP contribution in [-0.4, -0.2) is 5.91 Å². The van der Waals surface area contributed by atoms with Crippen LogP contribution in [0.5, 0.6) is 0 Å². The summed E-state index contributed by atoms with van der Waals surface area (Å²) in [6, 6.07) is 9.35. The molecule has 0 aliphatic rings. The molecule has 0 aliphatic carbocycles. The average Bonchev–Trinajstić information content (AvgIpc) is 2.16. The predicted molar refractivity (Wildman–Crippen MR) is 53.2 cm³/mol. The van der Waals surface area contributed by atoms with Crippen LogP contribution in [0.3, 0.4) is 0 Å². The van der Waals surface area contributed by atoms with Crippen molar-refractivity contribution in [2.45, 2.75) is 13.3 Å². The van der Waals surface area contributed by atoms with Gasteiger partial charge in [-0.25, -0.2) is 0 Å². The number of allylic oxidation sites excluding steroid dienone is 1. The molecule has 67 valence electrons. The smallest absolute Gasteiger partial charge is 0.248 e. The molecule has 1 radical (unpaired) electrons. The fourth-order valence-electron chi connectivity index (χ4n) is 0.895. The van der Waals surface area contributed by atoms with Crippen LogP contribution in [0.4, 0.5) is 5.69 Å². The van der Waals surface area contributed by atoms with Crippen molar-refractivity contribution < 1.29 is 4.79 Å². The van der Waals surface area contributed by atoms with Crippen LogP contribution in [0, 0.1) is 6.08 Å². The van der Waals surface area contributed by atoms with Gasteiger partial charge in [0.15, 0.2) is 0 Å². The lowest BCUT2D eigenvalue weighted by Gasteiger charge is -1.99. The Kier molecular flexibility index (Phi) is 3.76. The number of amides is 1. The highest BCUT2D eigenvalue weighted by molar-refractivity contribution is 5.98. The van der Waals surface area contributed by atoms with Gasteiger partial charge in [0.2, 0.25) is 5.91 Å². The average molecular weight is 174 g/mol. The van der Waals surface area contributed by atoms with Crippen LogP contribution >= 0.6 is 0 Å². The van der Waals surface area contributed by atoms with Crippen molar-refractivity contribution in [1.29, 1.82) is 0 Å². The highest BCUT2D eigenvalue weighted by Crippen LogP contribution is 2.04. The Hall–Kier alpha value is -1.57. The monoisotopic (exact) mass is 174 g/mol. The minimum atomic E-state index is -0.131. The molecule has 1 aromatic carbocycles. The number of nitrogens with one attached hydrogen (secondary N) is 1. The zero-order valence-electron chi connectivity index (χ0n) is 7.58. The predicted octanol–water partition coefficient (Wildman–Crippen LogP) is 2.39. The van der Waals surface area contributed by atoms with Crippen LogP contribution in [0.15, 0.2) is 36.4 Å². The number of carbonyl (C=O) groups excluding carboxylic acids is 1. The third-order valence-corrected chi connectivity index (χ3v) is 1.48. The topological polar surface area (TPSA) is 29.1 Å². The zero-order valence-corrected chi connectivity index (χ0v) is 7.58. The van der Waals surface area contributed by atoms with Crippen molar-refractivity contribution in [3.8, 4) is 0 Å². The summed E-state index contributed by atoms with van der Waals surface area (Å²) in [7, 11) is 0. The molecule has 0 atom stereocenters. The van der Waals surface area contributed by atoms with Crippen molar-refractivity contribution in [3.63, 3.8) is 0 Å². The largest absolute Gasteiger partial charge is 0.323 e. The summed E-state index contributed by atoms with van der Waals surface area (Å²) < 4.78 is 0. The normalized spacial score (nSPS) is 10.2. The molecule has 2 nitrogen and oxygen atoms in total. The summed E-state index contributed by atoms with van der Waals surface area (Å²) in [6.45, 7) is 1.94. The van der Waals surface area contributed by atoms with E-state index in [1.165, 1.54) is 6.08 Å². The lowest BCUT2D eigenvalue weighted by atomic mass is 10.3. The lowest BCUT2D eigenvalue weighted by Crippen LogP contribution is -2.07. The quantitative estimate of drug-likeness (QED) is 0.700. The van der Waals surface area contributed by atoms with Gasteiger partial charge in [0.1, 0.15) is 0 Å². The van der Waals surface area contributed by atoms with E-state index >= 15 is 0 Å². The maximum atomic E-state index is 11.1. The number of carbonyl (C=O) groups is 1. The van der Waals surface area contributed by atoms with E-state index < -0.39 is 0 Å².